The minimum Gasteiger partial charge on any atom is -0.354 e. The molecule has 6 rings (SSSR count). The predicted molar refractivity (Wildman–Crippen MR) is 115 cm³/mol. The van der Waals surface area contributed by atoms with Gasteiger partial charge < -0.3 is 10.2 Å². The average Bonchev–Trinajstić information content (AvgIpc) is 3.49. The molecule has 0 unspecified atom stereocenters. The molecule has 0 aromatic heterocycles. The monoisotopic (exact) mass is 413 g/mol. The summed E-state index contributed by atoms with van der Waals surface area (Å²) < 4.78 is 0. The fraction of sp³-hybridized carbons (Fsp3) is 0.320. The molecule has 0 spiro atoms. The third-order valence-electron chi connectivity index (χ3n) is 7.17. The van der Waals surface area contributed by atoms with Gasteiger partial charge in [-0.1, -0.05) is 42.5 Å². The minimum absolute atomic E-state index is 0.0768. The van der Waals surface area contributed by atoms with Crippen molar-refractivity contribution in [1.29, 1.82) is 0 Å². The molecule has 4 aliphatic rings. The molecule has 2 aromatic carbocycles. The molecular weight excluding hydrogens is 390 g/mol. The summed E-state index contributed by atoms with van der Waals surface area (Å²) in [6, 6.07) is 14.5. The highest BCUT2D eigenvalue weighted by atomic mass is 16.2. The number of hydrogen-bond acceptors (Lipinski definition) is 3. The van der Waals surface area contributed by atoms with Crippen LogP contribution in [0, 0.1) is 17.8 Å². The summed E-state index contributed by atoms with van der Waals surface area (Å²) in [6.45, 7) is 0.555. The summed E-state index contributed by atoms with van der Waals surface area (Å²) in [7, 11) is 0. The first-order valence-corrected chi connectivity index (χ1v) is 10.9. The molecule has 3 amide bonds. The lowest BCUT2D eigenvalue weighted by Crippen LogP contribution is -2.51. The van der Waals surface area contributed by atoms with E-state index in [0.717, 1.165) is 12.0 Å². The predicted octanol–water partition coefficient (Wildman–Crippen LogP) is 3.13. The second-order valence-corrected chi connectivity index (χ2v) is 8.93. The molecule has 2 aliphatic heterocycles. The van der Waals surface area contributed by atoms with E-state index >= 15 is 0 Å². The Morgan fingerprint density at radius 1 is 0.935 bits per heavy atom. The third-order valence-corrected chi connectivity index (χ3v) is 7.17. The lowest BCUT2D eigenvalue weighted by atomic mass is 9.93. The third kappa shape index (κ3) is 2.74. The van der Waals surface area contributed by atoms with E-state index in [1.54, 1.807) is 29.2 Å². The van der Waals surface area contributed by atoms with Gasteiger partial charge in [0.15, 0.2) is 0 Å². The van der Waals surface area contributed by atoms with Crippen LogP contribution in [0.15, 0.2) is 60.7 Å². The molecule has 31 heavy (non-hydrogen) atoms. The first-order valence-electron chi connectivity index (χ1n) is 10.9. The summed E-state index contributed by atoms with van der Waals surface area (Å²) in [5, 5.41) is 3.05. The van der Waals surface area contributed by atoms with E-state index in [0.29, 0.717) is 41.1 Å². The molecule has 4 atom stereocenters. The molecular formula is C25H23N3O3. The van der Waals surface area contributed by atoms with Crippen LogP contribution in [-0.2, 0) is 4.79 Å². The van der Waals surface area contributed by atoms with Gasteiger partial charge in [0.1, 0.15) is 12.7 Å². The Hall–Kier alpha value is -3.41. The highest BCUT2D eigenvalue weighted by Crippen LogP contribution is 2.45. The lowest BCUT2D eigenvalue weighted by Gasteiger charge is -2.40. The van der Waals surface area contributed by atoms with Crippen molar-refractivity contribution in [2.45, 2.75) is 19.0 Å². The topological polar surface area (TPSA) is 69.7 Å². The van der Waals surface area contributed by atoms with E-state index in [-0.39, 0.29) is 24.3 Å². The number of carbonyl (C=O) groups is 3. The number of allylic oxidation sites excluding steroid dienone is 2. The number of rotatable bonds is 4. The van der Waals surface area contributed by atoms with E-state index in [4.69, 9.17) is 0 Å². The highest BCUT2D eigenvalue weighted by molar-refractivity contribution is 6.17. The number of para-hydroxylation sites is 1. The van der Waals surface area contributed by atoms with Gasteiger partial charge in [-0.05, 0) is 48.8 Å². The lowest BCUT2D eigenvalue weighted by molar-refractivity contribution is -0.122. The van der Waals surface area contributed by atoms with Gasteiger partial charge in [-0.3, -0.25) is 19.3 Å². The quantitative estimate of drug-likeness (QED) is 0.783. The van der Waals surface area contributed by atoms with Gasteiger partial charge in [0.25, 0.3) is 11.8 Å². The van der Waals surface area contributed by atoms with Crippen LogP contribution in [0.2, 0.25) is 0 Å². The minimum atomic E-state index is -0.595. The molecule has 1 fully saturated rings. The van der Waals surface area contributed by atoms with Crippen LogP contribution in [0.4, 0.5) is 5.69 Å². The number of amides is 3. The zero-order valence-electron chi connectivity index (χ0n) is 17.0. The maximum absolute atomic E-state index is 13.4. The van der Waals surface area contributed by atoms with Gasteiger partial charge in [-0.15, -0.1) is 0 Å². The summed E-state index contributed by atoms with van der Waals surface area (Å²) in [6.07, 6.45) is 6.28. The van der Waals surface area contributed by atoms with Crippen LogP contribution < -0.4 is 10.2 Å². The number of nitrogens with zero attached hydrogens (tertiary/aromatic N) is 2. The maximum atomic E-state index is 13.4. The number of benzene rings is 2. The van der Waals surface area contributed by atoms with Crippen LogP contribution in [0.5, 0.6) is 0 Å². The maximum Gasteiger partial charge on any atom is 0.260 e. The van der Waals surface area contributed by atoms with Gasteiger partial charge >= 0.3 is 0 Å². The molecule has 1 N–H and O–H groups in total. The Kier molecular flexibility index (Phi) is 4.03. The number of carbonyl (C=O) groups excluding carboxylic acids is 3. The molecule has 2 bridgehead atoms. The Labute approximate surface area is 180 Å². The SMILES string of the molecule is O=C(CN1C(=O)c2ccccc2N2C(=O)c3ccccc3[C@H]12)NC[C@H]1C[C@H]2C=C[C@H]1C2. The second-order valence-electron chi connectivity index (χ2n) is 8.93. The van der Waals surface area contributed by atoms with Crippen molar-refractivity contribution < 1.29 is 14.4 Å². The van der Waals surface area contributed by atoms with Crippen molar-refractivity contribution in [1.82, 2.24) is 10.2 Å². The van der Waals surface area contributed by atoms with Crippen LogP contribution in [-0.4, -0.2) is 35.7 Å². The van der Waals surface area contributed by atoms with Crippen LogP contribution in [0.25, 0.3) is 0 Å². The molecule has 2 aromatic rings. The van der Waals surface area contributed by atoms with Crippen molar-refractivity contribution in [2.75, 3.05) is 18.0 Å². The van der Waals surface area contributed by atoms with E-state index in [1.165, 1.54) is 11.3 Å². The van der Waals surface area contributed by atoms with Gasteiger partial charge in [0, 0.05) is 17.7 Å². The van der Waals surface area contributed by atoms with Crippen LogP contribution >= 0.6 is 0 Å². The molecule has 6 heteroatoms. The summed E-state index contributed by atoms with van der Waals surface area (Å²) in [5.74, 6) is 1.14. The van der Waals surface area contributed by atoms with Gasteiger partial charge in [0.2, 0.25) is 5.91 Å². The van der Waals surface area contributed by atoms with Gasteiger partial charge in [0.05, 0.1) is 11.3 Å². The molecule has 2 heterocycles. The Morgan fingerprint density at radius 3 is 2.48 bits per heavy atom. The summed E-state index contributed by atoms with van der Waals surface area (Å²) in [5.41, 5.74) is 2.40. The summed E-state index contributed by atoms with van der Waals surface area (Å²) >= 11 is 0. The van der Waals surface area contributed by atoms with Gasteiger partial charge in [-0.2, -0.15) is 0 Å². The fourth-order valence-electron chi connectivity index (χ4n) is 5.72. The molecule has 6 nitrogen and oxygen atoms in total. The first kappa shape index (κ1) is 18.4. The van der Waals surface area contributed by atoms with Crippen molar-refractivity contribution >= 4 is 23.4 Å². The number of hydrogen-bond donors (Lipinski definition) is 1. The standard InChI is InChI=1S/C25H23N3O3/c29-22(26-13-17-12-15-9-10-16(17)11-15)14-27-23-18-5-1-2-6-19(18)25(31)28(23)21-8-4-3-7-20(21)24(27)30/h1-10,15-17,23H,11-14H2,(H,26,29)/t15-,16-,17+,23+/m0/s1. The Balaban J connectivity index is 1.28. The van der Waals surface area contributed by atoms with Crippen molar-refractivity contribution in [2.24, 2.45) is 17.8 Å². The number of nitrogens with one attached hydrogen (secondary N) is 1. The van der Waals surface area contributed by atoms with E-state index < -0.39 is 6.17 Å². The van der Waals surface area contributed by atoms with Crippen molar-refractivity contribution in [3.8, 4) is 0 Å². The van der Waals surface area contributed by atoms with Crippen LogP contribution in [0.1, 0.15) is 45.3 Å². The van der Waals surface area contributed by atoms with Gasteiger partial charge in [-0.25, -0.2) is 0 Å². The largest absolute Gasteiger partial charge is 0.354 e. The zero-order valence-corrected chi connectivity index (χ0v) is 17.0. The van der Waals surface area contributed by atoms with E-state index in [2.05, 4.69) is 17.5 Å². The molecule has 1 saturated carbocycles. The number of anilines is 1. The van der Waals surface area contributed by atoms with E-state index in [9.17, 15) is 14.4 Å². The molecule has 2 aliphatic carbocycles. The Bertz CT molecular complexity index is 1140. The fourth-order valence-corrected chi connectivity index (χ4v) is 5.72. The number of fused-ring (bicyclic) bond motifs is 7. The molecule has 156 valence electrons. The summed E-state index contributed by atoms with van der Waals surface area (Å²) in [4.78, 5) is 42.6. The normalized spacial score (nSPS) is 27.4. The Morgan fingerprint density at radius 2 is 1.71 bits per heavy atom. The smallest absolute Gasteiger partial charge is 0.260 e. The molecule has 0 radical (unpaired) electrons. The van der Waals surface area contributed by atoms with Crippen molar-refractivity contribution in [3.63, 3.8) is 0 Å². The van der Waals surface area contributed by atoms with Crippen LogP contribution in [0.3, 0.4) is 0 Å². The second kappa shape index (κ2) is 6.80. The van der Waals surface area contributed by atoms with Crippen molar-refractivity contribution in [3.05, 3.63) is 77.4 Å². The van der Waals surface area contributed by atoms with E-state index in [1.807, 2.05) is 24.3 Å². The molecule has 0 saturated heterocycles. The highest BCUT2D eigenvalue weighted by Gasteiger charge is 2.48. The zero-order chi connectivity index (χ0) is 21.1. The average molecular weight is 413 g/mol. The first-order chi connectivity index (χ1) is 15.1.